The number of aromatic nitrogens is 5. The third kappa shape index (κ3) is 6.57. The zero-order chi connectivity index (χ0) is 26.5. The van der Waals surface area contributed by atoms with E-state index in [0.717, 1.165) is 35.7 Å². The molecule has 1 saturated carbocycles. The predicted octanol–water partition coefficient (Wildman–Crippen LogP) is 4.14. The Hall–Kier alpha value is -3.30. The second-order valence-electron chi connectivity index (χ2n) is 8.82. The molecule has 2 atom stereocenters. The fourth-order valence-electron chi connectivity index (χ4n) is 4.36. The minimum Gasteiger partial charge on any atom is -0.484 e. The molecule has 2 amide bonds. The molecular weight excluding hydrogens is 549 g/mol. The summed E-state index contributed by atoms with van der Waals surface area (Å²) >= 11 is 4.16. The molecule has 38 heavy (non-hydrogen) atoms. The topological polar surface area (TPSA) is 153 Å². The Balaban J connectivity index is 1.13. The van der Waals surface area contributed by atoms with Gasteiger partial charge in [0.25, 0.3) is 5.19 Å². The lowest BCUT2D eigenvalue weighted by molar-refractivity contribution is -0.116. The molecule has 0 unspecified atom stereocenters. The standard InChI is InChI=1S/C23H26N8O4S3/c1-34-18-7-6-14(24-18)9-16(32)26-21-30-28-19(37-21)12-4-3-5-13(8-12)20-29-31-22(38-20)27-17(33)10-15-11-36-23(25-15)35-2/h6,11-13H,3-5,7-10H2,1-2H3,(H,26,30,32)(H,27,31,33)/t12-,13-/m0/s1. The van der Waals surface area contributed by atoms with E-state index in [2.05, 4.69) is 41.0 Å². The first-order valence-corrected chi connectivity index (χ1v) is 14.6. The van der Waals surface area contributed by atoms with Crippen molar-refractivity contribution < 1.29 is 19.1 Å². The number of ether oxygens (including phenoxy) is 2. The highest BCUT2D eigenvalue weighted by Crippen LogP contribution is 2.43. The molecule has 3 aromatic rings. The van der Waals surface area contributed by atoms with Crippen LogP contribution in [-0.4, -0.2) is 57.3 Å². The number of anilines is 2. The average Bonchev–Trinajstić information content (AvgIpc) is 3.72. The summed E-state index contributed by atoms with van der Waals surface area (Å²) in [5.74, 6) is 0.688. The third-order valence-corrected chi connectivity index (χ3v) is 9.00. The van der Waals surface area contributed by atoms with Crippen LogP contribution in [0.5, 0.6) is 5.19 Å². The van der Waals surface area contributed by atoms with Crippen LogP contribution >= 0.6 is 34.0 Å². The summed E-state index contributed by atoms with van der Waals surface area (Å²) in [7, 11) is 3.12. The Morgan fingerprint density at radius 1 is 0.947 bits per heavy atom. The van der Waals surface area contributed by atoms with Crippen LogP contribution in [0.25, 0.3) is 0 Å². The maximum Gasteiger partial charge on any atom is 0.273 e. The third-order valence-electron chi connectivity index (χ3n) is 6.15. The van der Waals surface area contributed by atoms with E-state index in [-0.39, 0.29) is 36.5 Å². The molecule has 0 saturated heterocycles. The number of carbonyl (C=O) groups excluding carboxylic acids is 2. The van der Waals surface area contributed by atoms with E-state index in [1.807, 2.05) is 6.08 Å². The molecule has 1 aliphatic carbocycles. The number of nitrogens with zero attached hydrogens (tertiary/aromatic N) is 6. The zero-order valence-corrected chi connectivity index (χ0v) is 23.2. The van der Waals surface area contributed by atoms with Gasteiger partial charge < -0.3 is 20.1 Å². The first-order valence-electron chi connectivity index (χ1n) is 12.0. The number of rotatable bonds is 9. The van der Waals surface area contributed by atoms with E-state index < -0.39 is 0 Å². The largest absolute Gasteiger partial charge is 0.484 e. The molecule has 1 aliphatic heterocycles. The highest BCUT2D eigenvalue weighted by molar-refractivity contribution is 7.15. The molecule has 3 aromatic heterocycles. The highest BCUT2D eigenvalue weighted by Gasteiger charge is 2.29. The molecule has 0 radical (unpaired) electrons. The number of aliphatic imine (C=N–C) groups is 1. The van der Waals surface area contributed by atoms with Crippen molar-refractivity contribution in [1.82, 2.24) is 25.4 Å². The molecule has 1 fully saturated rings. The van der Waals surface area contributed by atoms with Crippen LogP contribution in [0.3, 0.4) is 0 Å². The molecule has 0 spiro atoms. The van der Waals surface area contributed by atoms with Crippen LogP contribution < -0.4 is 15.4 Å². The van der Waals surface area contributed by atoms with Crippen molar-refractivity contribution in [2.24, 2.45) is 4.99 Å². The molecule has 200 valence electrons. The van der Waals surface area contributed by atoms with E-state index in [9.17, 15) is 9.59 Å². The number of nitrogens with one attached hydrogen (secondary N) is 2. The van der Waals surface area contributed by atoms with Crippen molar-refractivity contribution in [2.75, 3.05) is 24.9 Å². The SMILES string of the molecule is COC1=NC(CC(=O)Nc2nnc([C@H]3CCC[C@H](c4nnc(NC(=O)Cc5csc(OC)n5)s4)C3)s2)=CC1. The Labute approximate surface area is 230 Å². The highest BCUT2D eigenvalue weighted by atomic mass is 32.1. The van der Waals surface area contributed by atoms with Gasteiger partial charge in [-0.3, -0.25) is 9.59 Å². The summed E-state index contributed by atoms with van der Waals surface area (Å²) in [5, 5.41) is 27.8. The van der Waals surface area contributed by atoms with Crippen molar-refractivity contribution in [3.05, 3.63) is 32.9 Å². The van der Waals surface area contributed by atoms with E-state index in [1.165, 1.54) is 34.0 Å². The normalized spacial score (nSPS) is 19.0. The molecule has 2 N–H and O–H groups in total. The molecule has 15 heteroatoms. The summed E-state index contributed by atoms with van der Waals surface area (Å²) < 4.78 is 10.2. The quantitative estimate of drug-likeness (QED) is 0.384. The Kier molecular flexibility index (Phi) is 8.34. The van der Waals surface area contributed by atoms with Gasteiger partial charge in [0.15, 0.2) is 5.90 Å². The van der Waals surface area contributed by atoms with E-state index in [4.69, 9.17) is 9.47 Å². The van der Waals surface area contributed by atoms with Crippen LogP contribution in [0, 0.1) is 0 Å². The maximum absolute atomic E-state index is 12.4. The first-order chi connectivity index (χ1) is 18.5. The average molecular weight is 575 g/mol. The lowest BCUT2D eigenvalue weighted by Gasteiger charge is -2.25. The number of methoxy groups -OCH3 is 2. The number of amides is 2. The van der Waals surface area contributed by atoms with E-state index in [0.29, 0.717) is 39.2 Å². The van der Waals surface area contributed by atoms with Gasteiger partial charge >= 0.3 is 0 Å². The smallest absolute Gasteiger partial charge is 0.273 e. The number of hydrogen-bond acceptors (Lipinski definition) is 13. The van der Waals surface area contributed by atoms with Gasteiger partial charge in [0, 0.05) is 29.3 Å². The molecule has 2 aliphatic rings. The van der Waals surface area contributed by atoms with E-state index in [1.54, 1.807) is 19.6 Å². The van der Waals surface area contributed by atoms with Gasteiger partial charge in [0.2, 0.25) is 22.1 Å². The molecule has 0 aromatic carbocycles. The molecular formula is C23H26N8O4S3. The maximum atomic E-state index is 12.4. The summed E-state index contributed by atoms with van der Waals surface area (Å²) in [6, 6.07) is 0. The molecule has 5 rings (SSSR count). The van der Waals surface area contributed by atoms with Crippen molar-refractivity contribution in [2.45, 2.75) is 56.8 Å². The molecule has 12 nitrogen and oxygen atoms in total. The number of hydrogen-bond donors (Lipinski definition) is 2. The van der Waals surface area contributed by atoms with E-state index >= 15 is 0 Å². The Bertz CT molecular complexity index is 1360. The van der Waals surface area contributed by atoms with Crippen LogP contribution in [-0.2, 0) is 20.7 Å². The second-order valence-corrected chi connectivity index (χ2v) is 11.7. The van der Waals surface area contributed by atoms with Crippen molar-refractivity contribution in [3.63, 3.8) is 0 Å². The van der Waals surface area contributed by atoms with Gasteiger partial charge in [-0.25, -0.2) is 9.98 Å². The lowest BCUT2D eigenvalue weighted by Crippen LogP contribution is -2.14. The lowest BCUT2D eigenvalue weighted by atomic mass is 9.82. The monoisotopic (exact) mass is 574 g/mol. The van der Waals surface area contributed by atoms with Gasteiger partial charge in [-0.1, -0.05) is 46.5 Å². The second kappa shape index (κ2) is 12.0. The van der Waals surface area contributed by atoms with Gasteiger partial charge in [-0.15, -0.1) is 20.4 Å². The number of thiazole rings is 1. The van der Waals surface area contributed by atoms with Gasteiger partial charge in [-0.05, 0) is 19.3 Å². The van der Waals surface area contributed by atoms with Crippen LogP contribution in [0.15, 0.2) is 22.1 Å². The minimum atomic E-state index is -0.194. The first kappa shape index (κ1) is 26.3. The van der Waals surface area contributed by atoms with Crippen molar-refractivity contribution in [1.29, 1.82) is 0 Å². The Morgan fingerprint density at radius 3 is 2.18 bits per heavy atom. The van der Waals surface area contributed by atoms with Gasteiger partial charge in [0.1, 0.15) is 10.0 Å². The fraction of sp³-hybridized carbons (Fsp3) is 0.478. The van der Waals surface area contributed by atoms with Crippen LogP contribution in [0.4, 0.5) is 10.3 Å². The van der Waals surface area contributed by atoms with Gasteiger partial charge in [-0.2, -0.15) is 0 Å². The number of carbonyl (C=O) groups is 2. The summed E-state index contributed by atoms with van der Waals surface area (Å²) in [5.41, 5.74) is 1.34. The zero-order valence-electron chi connectivity index (χ0n) is 20.8. The van der Waals surface area contributed by atoms with Crippen molar-refractivity contribution >= 4 is 62.0 Å². The fourth-order valence-corrected chi connectivity index (χ4v) is 6.81. The molecule has 0 bridgehead atoms. The van der Waals surface area contributed by atoms with Crippen LogP contribution in [0.2, 0.25) is 0 Å². The van der Waals surface area contributed by atoms with Crippen molar-refractivity contribution in [3.8, 4) is 5.19 Å². The molecule has 4 heterocycles. The Morgan fingerprint density at radius 2 is 1.61 bits per heavy atom. The minimum absolute atomic E-state index is 0.148. The summed E-state index contributed by atoms with van der Waals surface area (Å²) in [4.78, 5) is 33.3. The van der Waals surface area contributed by atoms with Crippen LogP contribution in [0.1, 0.15) is 66.1 Å². The van der Waals surface area contributed by atoms with Gasteiger partial charge in [0.05, 0.1) is 32.8 Å². The summed E-state index contributed by atoms with van der Waals surface area (Å²) in [6.45, 7) is 0. The predicted molar refractivity (Wildman–Crippen MR) is 145 cm³/mol. The summed E-state index contributed by atoms with van der Waals surface area (Å²) in [6.07, 6.45) is 6.70.